The Morgan fingerprint density at radius 2 is 1.16 bits per heavy atom. The predicted molar refractivity (Wildman–Crippen MR) is 82.2 cm³/mol. The van der Waals surface area contributed by atoms with E-state index in [9.17, 15) is 19.2 Å². The molecule has 0 aromatic carbocycles. The van der Waals surface area contributed by atoms with Gasteiger partial charge in [0.1, 0.15) is 0 Å². The minimum atomic E-state index is -1.28. The maximum absolute atomic E-state index is 11.0. The molecule has 1 saturated heterocycles. The number of aromatic carboxylic acids is 2. The van der Waals surface area contributed by atoms with Crippen LogP contribution in [0.25, 0.3) is 0 Å². The molecule has 0 aliphatic carbocycles. The van der Waals surface area contributed by atoms with Crippen LogP contribution in [0, 0.1) is 0 Å². The third kappa shape index (κ3) is 8.54. The minimum Gasteiger partial charge on any atom is -0.475 e. The van der Waals surface area contributed by atoms with Crippen molar-refractivity contribution in [1.82, 2.24) is 0 Å². The van der Waals surface area contributed by atoms with E-state index in [2.05, 4.69) is 4.42 Å². The molecule has 1 fully saturated rings. The molecule has 0 atom stereocenters. The topological polar surface area (TPSA) is 140 Å². The van der Waals surface area contributed by atoms with Crippen molar-refractivity contribution in [3.8, 4) is 0 Å². The van der Waals surface area contributed by atoms with Crippen molar-refractivity contribution in [2.75, 3.05) is 13.2 Å². The van der Waals surface area contributed by atoms with E-state index < -0.39 is 11.9 Å². The van der Waals surface area contributed by atoms with E-state index in [1.165, 1.54) is 0 Å². The van der Waals surface area contributed by atoms with Gasteiger partial charge in [0.25, 0.3) is 0 Å². The van der Waals surface area contributed by atoms with Gasteiger partial charge >= 0.3 is 23.9 Å². The Bertz CT molecular complexity index is 552. The highest BCUT2D eigenvalue weighted by molar-refractivity contribution is 5.88. The zero-order valence-corrected chi connectivity index (χ0v) is 13.6. The van der Waals surface area contributed by atoms with Crippen molar-refractivity contribution >= 4 is 23.9 Å². The molecule has 1 aromatic heterocycles. The number of cyclic esters (lactones) is 2. The molecule has 2 N–H and O–H groups in total. The second-order valence-electron chi connectivity index (χ2n) is 5.13. The first-order chi connectivity index (χ1) is 11.9. The molecule has 0 spiro atoms. The molecule has 9 nitrogen and oxygen atoms in total. The van der Waals surface area contributed by atoms with Crippen LogP contribution in [-0.2, 0) is 19.1 Å². The molecule has 2 heterocycles. The van der Waals surface area contributed by atoms with Crippen molar-refractivity contribution in [3.63, 3.8) is 0 Å². The van der Waals surface area contributed by atoms with Crippen LogP contribution in [0.2, 0.25) is 0 Å². The number of carbonyl (C=O) groups is 4. The van der Waals surface area contributed by atoms with Crippen LogP contribution in [0.1, 0.15) is 59.6 Å². The molecule has 1 aromatic rings. The first-order valence-corrected chi connectivity index (χ1v) is 7.78. The quantitative estimate of drug-likeness (QED) is 0.762. The lowest BCUT2D eigenvalue weighted by atomic mass is 10.2. The van der Waals surface area contributed by atoms with Crippen LogP contribution in [0.4, 0.5) is 0 Å². The van der Waals surface area contributed by atoms with Crippen molar-refractivity contribution in [2.45, 2.75) is 38.5 Å². The van der Waals surface area contributed by atoms with Crippen LogP contribution in [0.3, 0.4) is 0 Å². The number of carboxylic acid groups (broad SMARTS) is 2. The number of esters is 2. The smallest absolute Gasteiger partial charge is 0.371 e. The Morgan fingerprint density at radius 3 is 1.48 bits per heavy atom. The number of rotatable bonds is 2. The van der Waals surface area contributed by atoms with Gasteiger partial charge in [0.15, 0.2) is 0 Å². The summed E-state index contributed by atoms with van der Waals surface area (Å²) < 4.78 is 14.3. The first-order valence-electron chi connectivity index (χ1n) is 7.78. The van der Waals surface area contributed by atoms with Gasteiger partial charge in [-0.05, 0) is 37.8 Å². The summed E-state index contributed by atoms with van der Waals surface area (Å²) in [5, 5.41) is 16.6. The maximum atomic E-state index is 11.0. The van der Waals surface area contributed by atoms with Gasteiger partial charge in [-0.3, -0.25) is 9.59 Å². The van der Waals surface area contributed by atoms with Gasteiger partial charge in [0, 0.05) is 12.8 Å². The Labute approximate surface area is 143 Å². The highest BCUT2D eigenvalue weighted by Gasteiger charge is 2.12. The SMILES string of the molecule is O=C(O)c1ccc(C(=O)O)o1.O=C1CCCCC(=O)OCCCCO1. The highest BCUT2D eigenvalue weighted by Crippen LogP contribution is 2.07. The largest absolute Gasteiger partial charge is 0.475 e. The van der Waals surface area contributed by atoms with Crippen LogP contribution in [-0.4, -0.2) is 47.3 Å². The Kier molecular flexibility index (Phi) is 8.77. The lowest BCUT2D eigenvalue weighted by Crippen LogP contribution is -2.11. The van der Waals surface area contributed by atoms with Crippen LogP contribution in [0.5, 0.6) is 0 Å². The number of carbonyl (C=O) groups excluding carboxylic acids is 2. The maximum Gasteiger partial charge on any atom is 0.371 e. The lowest BCUT2D eigenvalue weighted by molar-refractivity contribution is -0.147. The number of hydrogen-bond donors (Lipinski definition) is 2. The fraction of sp³-hybridized carbons (Fsp3) is 0.500. The summed E-state index contributed by atoms with van der Waals surface area (Å²) in [6.45, 7) is 0.882. The normalized spacial score (nSPS) is 16.2. The molecule has 2 rings (SSSR count). The fourth-order valence-corrected chi connectivity index (χ4v) is 1.83. The van der Waals surface area contributed by atoms with Gasteiger partial charge < -0.3 is 24.1 Å². The molecule has 25 heavy (non-hydrogen) atoms. The van der Waals surface area contributed by atoms with Crippen molar-refractivity contribution < 1.29 is 43.3 Å². The van der Waals surface area contributed by atoms with Crippen molar-refractivity contribution in [3.05, 3.63) is 23.7 Å². The third-order valence-electron chi connectivity index (χ3n) is 3.10. The van der Waals surface area contributed by atoms with Gasteiger partial charge in [0.2, 0.25) is 11.5 Å². The molecule has 0 radical (unpaired) electrons. The monoisotopic (exact) mass is 356 g/mol. The second-order valence-corrected chi connectivity index (χ2v) is 5.13. The van der Waals surface area contributed by atoms with E-state index in [-0.39, 0.29) is 23.5 Å². The van der Waals surface area contributed by atoms with E-state index in [0.717, 1.165) is 25.0 Å². The summed E-state index contributed by atoms with van der Waals surface area (Å²) >= 11 is 0. The summed E-state index contributed by atoms with van der Waals surface area (Å²) in [6.07, 6.45) is 3.75. The van der Waals surface area contributed by atoms with E-state index in [1.54, 1.807) is 0 Å². The molecule has 0 amide bonds. The zero-order chi connectivity index (χ0) is 18.7. The molecule has 9 heteroatoms. The van der Waals surface area contributed by atoms with E-state index >= 15 is 0 Å². The van der Waals surface area contributed by atoms with Crippen molar-refractivity contribution in [1.29, 1.82) is 0 Å². The predicted octanol–water partition coefficient (Wildman–Crippen LogP) is 2.10. The van der Waals surface area contributed by atoms with E-state index in [4.69, 9.17) is 19.7 Å². The zero-order valence-electron chi connectivity index (χ0n) is 13.6. The number of ether oxygens (including phenoxy) is 2. The Balaban J connectivity index is 0.000000257. The average Bonchev–Trinajstić information content (AvgIpc) is 3.05. The molecule has 138 valence electrons. The van der Waals surface area contributed by atoms with Gasteiger partial charge in [-0.25, -0.2) is 9.59 Å². The molecule has 1 aliphatic rings. The summed E-state index contributed by atoms with van der Waals surface area (Å²) in [7, 11) is 0. The number of hydrogen-bond acceptors (Lipinski definition) is 7. The molecular weight excluding hydrogens is 336 g/mol. The molecule has 0 unspecified atom stereocenters. The Morgan fingerprint density at radius 1 is 0.760 bits per heavy atom. The first kappa shape index (κ1) is 20.2. The molecule has 0 saturated carbocycles. The van der Waals surface area contributed by atoms with Gasteiger partial charge in [-0.15, -0.1) is 0 Å². The molecular formula is C16H20O9. The van der Waals surface area contributed by atoms with Gasteiger partial charge in [0.05, 0.1) is 13.2 Å². The highest BCUT2D eigenvalue weighted by atomic mass is 16.5. The standard InChI is InChI=1S/C10H16O4.C6H4O5/c11-9-5-1-2-6-10(12)14-8-4-3-7-13-9;7-5(8)3-1-2-4(11-3)6(9)10/h1-8H2;1-2H,(H,7,8)(H,9,10). The summed E-state index contributed by atoms with van der Waals surface area (Å²) in [5.41, 5.74) is 0. The second kappa shape index (κ2) is 10.8. The minimum absolute atomic E-state index is 0.154. The summed E-state index contributed by atoms with van der Waals surface area (Å²) in [6, 6.07) is 2.18. The summed E-state index contributed by atoms with van der Waals surface area (Å²) in [4.78, 5) is 42.4. The number of furan rings is 1. The Hall–Kier alpha value is -2.84. The lowest BCUT2D eigenvalue weighted by Gasteiger charge is -2.08. The fourth-order valence-electron chi connectivity index (χ4n) is 1.83. The van der Waals surface area contributed by atoms with E-state index in [1.807, 2.05) is 0 Å². The van der Waals surface area contributed by atoms with Crippen LogP contribution in [0.15, 0.2) is 16.5 Å². The van der Waals surface area contributed by atoms with Crippen molar-refractivity contribution in [2.24, 2.45) is 0 Å². The van der Waals surface area contributed by atoms with Gasteiger partial charge in [-0.1, -0.05) is 0 Å². The molecule has 1 aliphatic heterocycles. The van der Waals surface area contributed by atoms with Crippen LogP contribution >= 0.6 is 0 Å². The number of carboxylic acids is 2. The third-order valence-corrected chi connectivity index (χ3v) is 3.10. The van der Waals surface area contributed by atoms with E-state index in [0.29, 0.717) is 38.9 Å². The van der Waals surface area contributed by atoms with Gasteiger partial charge in [-0.2, -0.15) is 0 Å². The average molecular weight is 356 g/mol. The molecule has 0 bridgehead atoms. The summed E-state index contributed by atoms with van der Waals surface area (Å²) in [5.74, 6) is -3.61. The van der Waals surface area contributed by atoms with Crippen LogP contribution < -0.4 is 0 Å².